The molecule has 0 aliphatic rings. The van der Waals surface area contributed by atoms with Gasteiger partial charge in [0.15, 0.2) is 5.13 Å². The Hall–Kier alpha value is -2.66. The lowest BCUT2D eigenvalue weighted by Crippen LogP contribution is -2.11. The quantitative estimate of drug-likeness (QED) is 0.608. The van der Waals surface area contributed by atoms with Crippen molar-refractivity contribution in [3.05, 3.63) is 65.0 Å². The van der Waals surface area contributed by atoms with Gasteiger partial charge in [-0.25, -0.2) is 4.98 Å². The number of nitrogens with zero attached hydrogens (tertiary/aromatic N) is 1. The maximum atomic E-state index is 12.4. The van der Waals surface area contributed by atoms with Gasteiger partial charge in [0.1, 0.15) is 5.75 Å². The predicted octanol–water partition coefficient (Wildman–Crippen LogP) is 5.41. The molecule has 0 bridgehead atoms. The second-order valence-corrected chi connectivity index (χ2v) is 6.90. The first-order valence-corrected chi connectivity index (χ1v) is 9.62. The van der Waals surface area contributed by atoms with E-state index in [2.05, 4.69) is 17.2 Å². The van der Waals surface area contributed by atoms with Crippen LogP contribution in [0.25, 0.3) is 11.3 Å². The number of benzene rings is 2. The Bertz CT molecular complexity index is 857. The van der Waals surface area contributed by atoms with Crippen LogP contribution in [0.4, 0.5) is 5.13 Å². The molecule has 3 rings (SSSR count). The molecule has 1 N–H and O–H groups in total. The second kappa shape index (κ2) is 8.63. The van der Waals surface area contributed by atoms with E-state index in [1.807, 2.05) is 49.4 Å². The largest absolute Gasteiger partial charge is 0.494 e. The van der Waals surface area contributed by atoms with E-state index >= 15 is 0 Å². The van der Waals surface area contributed by atoms with Crippen LogP contribution in [0.3, 0.4) is 0 Å². The Kier molecular flexibility index (Phi) is 6.02. The van der Waals surface area contributed by atoms with Crippen molar-refractivity contribution in [3.63, 3.8) is 0 Å². The van der Waals surface area contributed by atoms with Crippen LogP contribution in [0.1, 0.15) is 35.5 Å². The van der Waals surface area contributed by atoms with Gasteiger partial charge in [-0.1, -0.05) is 31.5 Å². The first-order chi connectivity index (χ1) is 12.7. The Balaban J connectivity index is 1.85. The van der Waals surface area contributed by atoms with E-state index in [1.54, 1.807) is 23.5 Å². The number of carbonyl (C=O) groups excluding carboxylic acids is 1. The average Bonchev–Trinajstić information content (AvgIpc) is 3.06. The van der Waals surface area contributed by atoms with E-state index in [0.717, 1.165) is 29.8 Å². The van der Waals surface area contributed by atoms with Crippen LogP contribution in [-0.4, -0.2) is 17.5 Å². The highest BCUT2D eigenvalue weighted by molar-refractivity contribution is 7.16. The lowest BCUT2D eigenvalue weighted by atomic mass is 10.1. The zero-order valence-electron chi connectivity index (χ0n) is 15.0. The highest BCUT2D eigenvalue weighted by Gasteiger charge is 2.15. The molecule has 0 radical (unpaired) electrons. The van der Waals surface area contributed by atoms with Gasteiger partial charge in [-0.3, -0.25) is 10.1 Å². The van der Waals surface area contributed by atoms with Crippen LogP contribution in [0.15, 0.2) is 54.6 Å². The third kappa shape index (κ3) is 4.29. The molecule has 1 heterocycles. The number of carbonyl (C=O) groups is 1. The highest BCUT2D eigenvalue weighted by Crippen LogP contribution is 2.33. The summed E-state index contributed by atoms with van der Waals surface area (Å²) < 4.78 is 5.51. The fraction of sp³-hybridized carbons (Fsp3) is 0.238. The van der Waals surface area contributed by atoms with E-state index in [0.29, 0.717) is 17.3 Å². The van der Waals surface area contributed by atoms with Crippen LogP contribution in [0.2, 0.25) is 0 Å². The van der Waals surface area contributed by atoms with Crippen molar-refractivity contribution >= 4 is 22.4 Å². The van der Waals surface area contributed by atoms with Crippen LogP contribution in [0, 0.1) is 0 Å². The molecular weight excluding hydrogens is 344 g/mol. The van der Waals surface area contributed by atoms with Gasteiger partial charge in [-0.15, -0.1) is 11.3 Å². The number of hydrogen-bond acceptors (Lipinski definition) is 4. The summed E-state index contributed by atoms with van der Waals surface area (Å²) in [5.41, 5.74) is 2.60. The average molecular weight is 366 g/mol. The number of ether oxygens (including phenoxy) is 1. The molecule has 3 aromatic rings. The van der Waals surface area contributed by atoms with Gasteiger partial charge in [-0.05, 0) is 49.7 Å². The van der Waals surface area contributed by atoms with Gasteiger partial charge in [-0.2, -0.15) is 0 Å². The minimum Gasteiger partial charge on any atom is -0.494 e. The molecule has 5 heteroatoms. The summed E-state index contributed by atoms with van der Waals surface area (Å²) in [6.07, 6.45) is 1.96. The van der Waals surface area contributed by atoms with Crippen LogP contribution < -0.4 is 10.1 Å². The lowest BCUT2D eigenvalue weighted by Gasteiger charge is -2.05. The highest BCUT2D eigenvalue weighted by atomic mass is 32.1. The van der Waals surface area contributed by atoms with E-state index in [-0.39, 0.29) is 5.91 Å². The van der Waals surface area contributed by atoms with Gasteiger partial charge in [0, 0.05) is 16.0 Å². The number of amides is 1. The molecule has 134 valence electrons. The van der Waals surface area contributed by atoms with Crippen LogP contribution >= 0.6 is 11.3 Å². The van der Waals surface area contributed by atoms with Crippen molar-refractivity contribution in [2.24, 2.45) is 0 Å². The standard InChI is InChI=1S/C21H22N2O2S/c1-3-8-18-19(15-11-13-17(14-12-15)25-4-2)22-21(26-18)23-20(24)16-9-6-5-7-10-16/h5-7,9-14H,3-4,8H2,1-2H3,(H,22,23,24). The maximum absolute atomic E-state index is 12.4. The summed E-state index contributed by atoms with van der Waals surface area (Å²) in [6, 6.07) is 17.1. The molecule has 0 spiro atoms. The predicted molar refractivity (Wildman–Crippen MR) is 107 cm³/mol. The Morgan fingerprint density at radius 1 is 1.08 bits per heavy atom. The monoisotopic (exact) mass is 366 g/mol. The van der Waals surface area contributed by atoms with E-state index in [9.17, 15) is 4.79 Å². The first kappa shape index (κ1) is 18.1. The fourth-order valence-electron chi connectivity index (χ4n) is 2.66. The third-order valence-electron chi connectivity index (χ3n) is 3.87. The van der Waals surface area contributed by atoms with Crippen LogP contribution in [0.5, 0.6) is 5.75 Å². The molecule has 1 aromatic heterocycles. The van der Waals surface area contributed by atoms with Gasteiger partial charge in [0.05, 0.1) is 12.3 Å². The normalized spacial score (nSPS) is 10.5. The number of aryl methyl sites for hydroxylation is 1. The molecule has 0 unspecified atom stereocenters. The molecule has 2 aromatic carbocycles. The SMILES string of the molecule is CCCc1sc(NC(=O)c2ccccc2)nc1-c1ccc(OCC)cc1. The number of anilines is 1. The molecule has 0 saturated carbocycles. The molecule has 4 nitrogen and oxygen atoms in total. The van der Waals surface area contributed by atoms with E-state index in [1.165, 1.54) is 4.88 Å². The summed E-state index contributed by atoms with van der Waals surface area (Å²) in [5.74, 6) is 0.710. The lowest BCUT2D eigenvalue weighted by molar-refractivity contribution is 0.102. The Labute approximate surface area is 157 Å². The summed E-state index contributed by atoms with van der Waals surface area (Å²) in [6.45, 7) is 4.76. The van der Waals surface area contributed by atoms with E-state index < -0.39 is 0 Å². The third-order valence-corrected chi connectivity index (χ3v) is 4.90. The second-order valence-electron chi connectivity index (χ2n) is 5.82. The molecule has 1 amide bonds. The van der Waals surface area contributed by atoms with Crippen molar-refractivity contribution in [1.82, 2.24) is 4.98 Å². The van der Waals surface area contributed by atoms with Crippen molar-refractivity contribution in [2.45, 2.75) is 26.7 Å². The van der Waals surface area contributed by atoms with Gasteiger partial charge >= 0.3 is 0 Å². The molecule has 0 atom stereocenters. The minimum absolute atomic E-state index is 0.138. The molecule has 0 aliphatic carbocycles. The van der Waals surface area contributed by atoms with Crippen molar-refractivity contribution in [3.8, 4) is 17.0 Å². The summed E-state index contributed by atoms with van der Waals surface area (Å²) in [4.78, 5) is 18.3. The number of nitrogens with one attached hydrogen (secondary N) is 1. The number of hydrogen-bond donors (Lipinski definition) is 1. The smallest absolute Gasteiger partial charge is 0.257 e. The molecule has 26 heavy (non-hydrogen) atoms. The Morgan fingerprint density at radius 3 is 2.46 bits per heavy atom. The van der Waals surface area contributed by atoms with Gasteiger partial charge < -0.3 is 4.74 Å². The number of rotatable bonds is 7. The number of thiazole rings is 1. The van der Waals surface area contributed by atoms with Crippen molar-refractivity contribution < 1.29 is 9.53 Å². The molecule has 0 aliphatic heterocycles. The summed E-state index contributed by atoms with van der Waals surface area (Å²) >= 11 is 1.54. The Morgan fingerprint density at radius 2 is 1.81 bits per heavy atom. The first-order valence-electron chi connectivity index (χ1n) is 8.80. The van der Waals surface area contributed by atoms with Crippen molar-refractivity contribution in [2.75, 3.05) is 11.9 Å². The summed E-state index contributed by atoms with van der Waals surface area (Å²) in [7, 11) is 0. The molecule has 0 saturated heterocycles. The zero-order chi connectivity index (χ0) is 18.4. The van der Waals surface area contributed by atoms with Gasteiger partial charge in [0.25, 0.3) is 5.91 Å². The summed E-state index contributed by atoms with van der Waals surface area (Å²) in [5, 5.41) is 3.55. The fourth-order valence-corrected chi connectivity index (χ4v) is 3.74. The minimum atomic E-state index is -0.138. The molecule has 0 fully saturated rings. The zero-order valence-corrected chi connectivity index (χ0v) is 15.8. The van der Waals surface area contributed by atoms with Crippen LogP contribution in [-0.2, 0) is 6.42 Å². The maximum Gasteiger partial charge on any atom is 0.257 e. The number of aromatic nitrogens is 1. The topological polar surface area (TPSA) is 51.2 Å². The van der Waals surface area contributed by atoms with E-state index in [4.69, 9.17) is 4.74 Å². The van der Waals surface area contributed by atoms with Gasteiger partial charge in [0.2, 0.25) is 0 Å². The van der Waals surface area contributed by atoms with Crippen molar-refractivity contribution in [1.29, 1.82) is 0 Å². The molecular formula is C21H22N2O2S.